The first-order valence-electron chi connectivity index (χ1n) is 9.82. The summed E-state index contributed by atoms with van der Waals surface area (Å²) in [5.74, 6) is -1.48. The average molecular weight is 458 g/mol. The van der Waals surface area contributed by atoms with Crippen LogP contribution in [0.15, 0.2) is 58.0 Å². The number of halogens is 2. The molecule has 0 aliphatic carbocycles. The first kappa shape index (κ1) is 21.9. The van der Waals surface area contributed by atoms with Crippen LogP contribution in [0.1, 0.15) is 28.6 Å². The first-order valence-corrected chi connectivity index (χ1v) is 10.7. The number of amides is 2. The lowest BCUT2D eigenvalue weighted by Crippen LogP contribution is -2.39. The Morgan fingerprint density at radius 3 is 2.62 bits per heavy atom. The van der Waals surface area contributed by atoms with Crippen LogP contribution in [0.3, 0.4) is 0 Å². The molecule has 2 aromatic carbocycles. The van der Waals surface area contributed by atoms with Gasteiger partial charge in [0.1, 0.15) is 23.1 Å². The summed E-state index contributed by atoms with van der Waals surface area (Å²) < 4.78 is 39.1. The fourth-order valence-electron chi connectivity index (χ4n) is 3.40. The molecule has 1 N–H and O–H groups in total. The highest BCUT2D eigenvalue weighted by Gasteiger charge is 2.32. The van der Waals surface area contributed by atoms with Gasteiger partial charge in [0.05, 0.1) is 37.4 Å². The lowest BCUT2D eigenvalue weighted by molar-refractivity contribution is -0.118. The van der Waals surface area contributed by atoms with Crippen LogP contribution in [-0.2, 0) is 17.9 Å². The highest BCUT2D eigenvalue weighted by Crippen LogP contribution is 2.41. The maximum atomic E-state index is 14.5. The van der Waals surface area contributed by atoms with Crippen molar-refractivity contribution in [3.63, 3.8) is 0 Å². The molecule has 2 amide bonds. The number of benzene rings is 2. The number of hydrogen-bond acceptors (Lipinski definition) is 5. The molecular weight excluding hydrogens is 438 g/mol. The van der Waals surface area contributed by atoms with E-state index in [1.165, 1.54) is 30.0 Å². The largest absolute Gasteiger partial charge is 0.497 e. The second-order valence-electron chi connectivity index (χ2n) is 7.20. The number of nitrogens with one attached hydrogen (secondary N) is 1. The molecule has 0 bridgehead atoms. The number of thioether (sulfide) groups is 1. The zero-order chi connectivity index (χ0) is 22.8. The van der Waals surface area contributed by atoms with E-state index in [0.29, 0.717) is 21.9 Å². The van der Waals surface area contributed by atoms with Crippen LogP contribution in [0.2, 0.25) is 0 Å². The van der Waals surface area contributed by atoms with E-state index in [9.17, 15) is 18.4 Å². The standard InChI is InChI=1S/C23H20F2N2O4S/c1-13-23(29)27(12-17-18(24)9-16(30-2)10-19(17)25)20-6-5-14(8-21(20)32-13)22(28)26-11-15-4-3-7-31-15/h3-10,13H,11-12H2,1-2H3,(H,26,28). The predicted molar refractivity (Wildman–Crippen MR) is 116 cm³/mol. The average Bonchev–Trinajstić information content (AvgIpc) is 3.30. The summed E-state index contributed by atoms with van der Waals surface area (Å²) in [6, 6.07) is 10.5. The molecule has 1 aromatic heterocycles. The number of nitrogens with zero attached hydrogens (tertiary/aromatic N) is 1. The number of anilines is 1. The summed E-state index contributed by atoms with van der Waals surface area (Å²) in [6.45, 7) is 1.68. The van der Waals surface area contributed by atoms with Gasteiger partial charge in [-0.2, -0.15) is 0 Å². The molecule has 0 saturated carbocycles. The highest BCUT2D eigenvalue weighted by atomic mass is 32.2. The fraction of sp³-hybridized carbons (Fsp3) is 0.217. The molecule has 0 fully saturated rings. The van der Waals surface area contributed by atoms with Crippen LogP contribution in [0.5, 0.6) is 5.75 Å². The molecule has 2 heterocycles. The predicted octanol–water partition coefficient (Wildman–Crippen LogP) is 4.52. The Morgan fingerprint density at radius 1 is 1.22 bits per heavy atom. The Hall–Kier alpha value is -3.33. The number of carbonyl (C=O) groups is 2. The number of ether oxygens (including phenoxy) is 1. The van der Waals surface area contributed by atoms with E-state index in [2.05, 4.69) is 5.32 Å². The van der Waals surface area contributed by atoms with Gasteiger partial charge < -0.3 is 19.4 Å². The normalized spacial score (nSPS) is 15.4. The SMILES string of the molecule is COc1cc(F)c(CN2C(=O)C(C)Sc3cc(C(=O)NCc4ccco4)ccc32)c(F)c1. The van der Waals surface area contributed by atoms with Gasteiger partial charge in [0.2, 0.25) is 5.91 Å². The summed E-state index contributed by atoms with van der Waals surface area (Å²) in [4.78, 5) is 27.4. The summed E-state index contributed by atoms with van der Waals surface area (Å²) in [7, 11) is 1.32. The van der Waals surface area contributed by atoms with Crippen molar-refractivity contribution in [3.05, 3.63) is 77.2 Å². The quantitative estimate of drug-likeness (QED) is 0.588. The minimum Gasteiger partial charge on any atom is -0.497 e. The molecule has 3 aromatic rings. The third-order valence-electron chi connectivity index (χ3n) is 5.10. The molecule has 0 spiro atoms. The monoisotopic (exact) mass is 458 g/mol. The van der Waals surface area contributed by atoms with Gasteiger partial charge in [-0.05, 0) is 37.3 Å². The van der Waals surface area contributed by atoms with Crippen LogP contribution in [0.4, 0.5) is 14.5 Å². The topological polar surface area (TPSA) is 71.8 Å². The van der Waals surface area contributed by atoms with Crippen LogP contribution in [0.25, 0.3) is 0 Å². The van der Waals surface area contributed by atoms with E-state index in [-0.39, 0.29) is 36.2 Å². The minimum atomic E-state index is -0.795. The smallest absolute Gasteiger partial charge is 0.251 e. The first-order chi connectivity index (χ1) is 15.4. The number of carbonyl (C=O) groups excluding carboxylic acids is 2. The van der Waals surface area contributed by atoms with Gasteiger partial charge in [-0.25, -0.2) is 8.78 Å². The van der Waals surface area contributed by atoms with E-state index in [1.807, 2.05) is 0 Å². The van der Waals surface area contributed by atoms with E-state index in [4.69, 9.17) is 9.15 Å². The third-order valence-corrected chi connectivity index (χ3v) is 6.24. The number of rotatable bonds is 6. The molecule has 6 nitrogen and oxygen atoms in total. The number of hydrogen-bond donors (Lipinski definition) is 1. The van der Waals surface area contributed by atoms with Gasteiger partial charge in [0.25, 0.3) is 5.91 Å². The number of methoxy groups -OCH3 is 1. The minimum absolute atomic E-state index is 0.0586. The Bertz CT molecular complexity index is 1140. The molecule has 9 heteroatoms. The third kappa shape index (κ3) is 4.34. The van der Waals surface area contributed by atoms with Crippen molar-refractivity contribution < 1.29 is 27.5 Å². The van der Waals surface area contributed by atoms with E-state index in [1.54, 1.807) is 37.3 Å². The zero-order valence-electron chi connectivity index (χ0n) is 17.4. The lowest BCUT2D eigenvalue weighted by atomic mass is 10.1. The summed E-state index contributed by atoms with van der Waals surface area (Å²) in [5.41, 5.74) is 0.672. The molecular formula is C23H20F2N2O4S. The van der Waals surface area contributed by atoms with Gasteiger partial charge in [-0.15, -0.1) is 11.8 Å². The van der Waals surface area contributed by atoms with Gasteiger partial charge in [-0.3, -0.25) is 9.59 Å². The molecule has 1 aliphatic rings. The van der Waals surface area contributed by atoms with Crippen LogP contribution < -0.4 is 15.0 Å². The van der Waals surface area contributed by atoms with Gasteiger partial charge >= 0.3 is 0 Å². The van der Waals surface area contributed by atoms with Crippen molar-refractivity contribution >= 4 is 29.3 Å². The summed E-state index contributed by atoms with van der Waals surface area (Å²) in [6.07, 6.45) is 1.53. The fourth-order valence-corrected chi connectivity index (χ4v) is 4.51. The van der Waals surface area contributed by atoms with Gasteiger partial charge in [0, 0.05) is 28.2 Å². The van der Waals surface area contributed by atoms with Crippen molar-refractivity contribution in [2.24, 2.45) is 0 Å². The van der Waals surface area contributed by atoms with Crippen LogP contribution >= 0.6 is 11.8 Å². The second-order valence-corrected chi connectivity index (χ2v) is 8.58. The zero-order valence-corrected chi connectivity index (χ0v) is 18.2. The van der Waals surface area contributed by atoms with Crippen molar-refractivity contribution in [3.8, 4) is 5.75 Å². The summed E-state index contributed by atoms with van der Waals surface area (Å²) in [5, 5.41) is 2.29. The Balaban J connectivity index is 1.60. The lowest BCUT2D eigenvalue weighted by Gasteiger charge is -2.33. The van der Waals surface area contributed by atoms with Crippen LogP contribution in [0, 0.1) is 11.6 Å². The van der Waals surface area contributed by atoms with Crippen molar-refractivity contribution in [1.82, 2.24) is 5.32 Å². The van der Waals surface area contributed by atoms with Crippen LogP contribution in [-0.4, -0.2) is 24.2 Å². The second kappa shape index (κ2) is 9.04. The molecule has 0 radical (unpaired) electrons. The number of fused-ring (bicyclic) bond motifs is 1. The molecule has 1 atom stereocenters. The van der Waals surface area contributed by atoms with Gasteiger partial charge in [-0.1, -0.05) is 0 Å². The van der Waals surface area contributed by atoms with Crippen molar-refractivity contribution in [2.45, 2.75) is 30.2 Å². The maximum Gasteiger partial charge on any atom is 0.251 e. The molecule has 32 heavy (non-hydrogen) atoms. The Morgan fingerprint density at radius 2 is 1.97 bits per heavy atom. The molecule has 1 unspecified atom stereocenters. The Kier molecular flexibility index (Phi) is 6.18. The van der Waals surface area contributed by atoms with Gasteiger partial charge in [0.15, 0.2) is 0 Å². The number of furan rings is 1. The van der Waals surface area contributed by atoms with E-state index < -0.39 is 16.9 Å². The molecule has 166 valence electrons. The molecule has 1 aliphatic heterocycles. The van der Waals surface area contributed by atoms with E-state index in [0.717, 1.165) is 12.1 Å². The molecule has 0 saturated heterocycles. The Labute approximate surface area is 187 Å². The summed E-state index contributed by atoms with van der Waals surface area (Å²) >= 11 is 1.30. The van der Waals surface area contributed by atoms with Crippen molar-refractivity contribution in [1.29, 1.82) is 0 Å². The highest BCUT2D eigenvalue weighted by molar-refractivity contribution is 8.01. The molecule has 4 rings (SSSR count). The van der Waals surface area contributed by atoms with Crippen molar-refractivity contribution in [2.75, 3.05) is 12.0 Å². The van der Waals surface area contributed by atoms with E-state index >= 15 is 0 Å². The maximum absolute atomic E-state index is 14.5.